The first-order chi connectivity index (χ1) is 16.7. The number of nitrogens with one attached hydrogen (secondary N) is 1. The third kappa shape index (κ3) is 6.10. The quantitative estimate of drug-likeness (QED) is 0.237. The Hall–Kier alpha value is -3.02. The number of anilines is 1. The van der Waals surface area contributed by atoms with Crippen molar-refractivity contribution in [2.45, 2.75) is 48.7 Å². The average Bonchev–Trinajstić information content (AvgIpc) is 2.87. The van der Waals surface area contributed by atoms with Gasteiger partial charge in [-0.3, -0.25) is 14.2 Å². The second-order valence-corrected chi connectivity index (χ2v) is 9.97. The number of nitriles is 1. The van der Waals surface area contributed by atoms with Gasteiger partial charge in [0.05, 0.1) is 34.2 Å². The molecule has 0 fully saturated rings. The molecule has 4 rings (SSSR count). The Labute approximate surface area is 207 Å². The maximum Gasteiger partial charge on any atom is 0.262 e. The molecule has 8 heteroatoms. The van der Waals surface area contributed by atoms with E-state index in [9.17, 15) is 9.59 Å². The molecule has 1 aliphatic carbocycles. The van der Waals surface area contributed by atoms with Crippen molar-refractivity contribution in [3.8, 4) is 6.07 Å². The number of para-hydroxylation sites is 2. The number of benzene rings is 2. The Bertz CT molecular complexity index is 1310. The van der Waals surface area contributed by atoms with Crippen molar-refractivity contribution in [1.29, 1.82) is 5.26 Å². The van der Waals surface area contributed by atoms with Crippen molar-refractivity contribution in [1.82, 2.24) is 9.55 Å². The molecule has 1 aromatic heterocycles. The van der Waals surface area contributed by atoms with Crippen LogP contribution in [0.5, 0.6) is 0 Å². The van der Waals surface area contributed by atoms with Gasteiger partial charge in [0.1, 0.15) is 0 Å². The number of allylic oxidation sites excluding steroid dienone is 2. The van der Waals surface area contributed by atoms with Gasteiger partial charge in [-0.1, -0.05) is 47.7 Å². The van der Waals surface area contributed by atoms with E-state index in [2.05, 4.69) is 17.5 Å². The minimum absolute atomic E-state index is 0.0665. The molecule has 0 atom stereocenters. The molecule has 2 aromatic carbocycles. The Balaban J connectivity index is 1.51. The van der Waals surface area contributed by atoms with Crippen molar-refractivity contribution in [2.75, 3.05) is 16.8 Å². The van der Waals surface area contributed by atoms with Crippen LogP contribution in [0.1, 0.15) is 32.1 Å². The third-order valence-corrected chi connectivity index (χ3v) is 7.57. The highest BCUT2D eigenvalue weighted by Crippen LogP contribution is 2.27. The number of amides is 1. The van der Waals surface area contributed by atoms with Crippen molar-refractivity contribution < 1.29 is 4.79 Å². The zero-order valence-electron chi connectivity index (χ0n) is 18.8. The number of nitrogens with zero attached hydrogens (tertiary/aromatic N) is 3. The van der Waals surface area contributed by atoms with Gasteiger partial charge in [0.25, 0.3) is 5.56 Å². The summed E-state index contributed by atoms with van der Waals surface area (Å²) < 4.78 is 1.71. The summed E-state index contributed by atoms with van der Waals surface area (Å²) in [5, 5.41) is 12.9. The summed E-state index contributed by atoms with van der Waals surface area (Å²) in [6.45, 7) is 0.556. The fourth-order valence-electron chi connectivity index (χ4n) is 3.96. The number of carbonyl (C=O) groups is 1. The normalized spacial score (nSPS) is 13.3. The first-order valence-electron chi connectivity index (χ1n) is 11.3. The lowest BCUT2D eigenvalue weighted by Gasteiger charge is -2.16. The first-order valence-corrected chi connectivity index (χ1v) is 13.3. The molecular formula is C26H26N4O2S2. The van der Waals surface area contributed by atoms with Crippen LogP contribution in [0, 0.1) is 11.3 Å². The molecule has 1 aliphatic rings. The molecule has 174 valence electrons. The number of hydrogen-bond donors (Lipinski definition) is 1. The zero-order valence-corrected chi connectivity index (χ0v) is 20.5. The predicted octanol–water partition coefficient (Wildman–Crippen LogP) is 5.63. The van der Waals surface area contributed by atoms with E-state index in [1.165, 1.54) is 41.9 Å². The first kappa shape index (κ1) is 24.1. The van der Waals surface area contributed by atoms with Crippen molar-refractivity contribution >= 4 is 46.0 Å². The Morgan fingerprint density at radius 2 is 1.94 bits per heavy atom. The van der Waals surface area contributed by atoms with Crippen LogP contribution in [0.2, 0.25) is 0 Å². The van der Waals surface area contributed by atoms with Gasteiger partial charge in [0.2, 0.25) is 5.91 Å². The standard InChI is InChI=1S/C26H26N4O2S2/c27-15-17-33-23-13-7-6-12-22(23)28-24(31)18-34-26-29-21-11-5-4-10-20(21)25(32)30(26)16-14-19-8-2-1-3-9-19/h4-8,10-13H,1-3,9,14,16-18H2,(H,28,31). The molecule has 0 spiro atoms. The topological polar surface area (TPSA) is 87.8 Å². The monoisotopic (exact) mass is 490 g/mol. The highest BCUT2D eigenvalue weighted by Gasteiger charge is 2.15. The highest BCUT2D eigenvalue weighted by molar-refractivity contribution is 8.00. The van der Waals surface area contributed by atoms with Gasteiger partial charge < -0.3 is 5.32 Å². The Morgan fingerprint density at radius 3 is 2.76 bits per heavy atom. The lowest BCUT2D eigenvalue weighted by atomic mass is 9.97. The molecule has 1 amide bonds. The molecule has 0 saturated heterocycles. The summed E-state index contributed by atoms with van der Waals surface area (Å²) in [5.41, 5.74) is 2.65. The lowest BCUT2D eigenvalue weighted by Crippen LogP contribution is -2.24. The van der Waals surface area contributed by atoms with E-state index < -0.39 is 0 Å². The molecule has 0 saturated carbocycles. The number of fused-ring (bicyclic) bond motifs is 1. The molecule has 3 aromatic rings. The van der Waals surface area contributed by atoms with Crippen LogP contribution >= 0.6 is 23.5 Å². The molecule has 6 nitrogen and oxygen atoms in total. The molecule has 0 bridgehead atoms. The molecule has 0 unspecified atom stereocenters. The van der Waals surface area contributed by atoms with E-state index in [-0.39, 0.29) is 17.2 Å². The fraction of sp³-hybridized carbons (Fsp3) is 0.308. The third-order valence-electron chi connectivity index (χ3n) is 5.65. The van der Waals surface area contributed by atoms with E-state index in [0.717, 1.165) is 24.2 Å². The van der Waals surface area contributed by atoms with Gasteiger partial charge in [-0.2, -0.15) is 5.26 Å². The Morgan fingerprint density at radius 1 is 1.12 bits per heavy atom. The molecule has 0 radical (unpaired) electrons. The smallest absolute Gasteiger partial charge is 0.262 e. The van der Waals surface area contributed by atoms with Crippen LogP contribution in [0.15, 0.2) is 75.0 Å². The SMILES string of the molecule is N#CCSc1ccccc1NC(=O)CSc1nc2ccccc2c(=O)n1CCC1=CCCCC1. The zero-order chi connectivity index (χ0) is 23.8. The van der Waals surface area contributed by atoms with E-state index in [0.29, 0.717) is 34.0 Å². The summed E-state index contributed by atoms with van der Waals surface area (Å²) in [6.07, 6.45) is 7.75. The van der Waals surface area contributed by atoms with Crippen molar-refractivity contribution in [2.24, 2.45) is 0 Å². The van der Waals surface area contributed by atoms with Crippen molar-refractivity contribution in [3.63, 3.8) is 0 Å². The van der Waals surface area contributed by atoms with Gasteiger partial charge in [0.15, 0.2) is 5.16 Å². The van der Waals surface area contributed by atoms with Crippen LogP contribution in [0.25, 0.3) is 10.9 Å². The van der Waals surface area contributed by atoms with Crippen LogP contribution in [0.4, 0.5) is 5.69 Å². The predicted molar refractivity (Wildman–Crippen MR) is 139 cm³/mol. The number of aromatic nitrogens is 2. The fourth-order valence-corrected chi connectivity index (χ4v) is 5.46. The molecule has 1 N–H and O–H groups in total. The number of rotatable bonds is 9. The van der Waals surface area contributed by atoms with Gasteiger partial charge in [0, 0.05) is 11.4 Å². The highest BCUT2D eigenvalue weighted by atomic mass is 32.2. The van der Waals surface area contributed by atoms with Crippen LogP contribution < -0.4 is 10.9 Å². The molecule has 34 heavy (non-hydrogen) atoms. The molecule has 0 aliphatic heterocycles. The van der Waals surface area contributed by atoms with E-state index in [1.54, 1.807) is 10.6 Å². The van der Waals surface area contributed by atoms with Gasteiger partial charge in [-0.25, -0.2) is 4.98 Å². The van der Waals surface area contributed by atoms with Gasteiger partial charge in [-0.05, 0) is 56.4 Å². The van der Waals surface area contributed by atoms with E-state index in [1.807, 2.05) is 42.5 Å². The van der Waals surface area contributed by atoms with E-state index >= 15 is 0 Å². The van der Waals surface area contributed by atoms with Gasteiger partial charge >= 0.3 is 0 Å². The second-order valence-electron chi connectivity index (χ2n) is 8.01. The minimum atomic E-state index is -0.182. The van der Waals surface area contributed by atoms with Crippen molar-refractivity contribution in [3.05, 3.63) is 70.5 Å². The summed E-state index contributed by atoms with van der Waals surface area (Å²) in [6, 6.07) is 16.9. The largest absolute Gasteiger partial charge is 0.324 e. The maximum atomic E-state index is 13.3. The lowest BCUT2D eigenvalue weighted by molar-refractivity contribution is -0.113. The van der Waals surface area contributed by atoms with E-state index in [4.69, 9.17) is 10.2 Å². The van der Waals surface area contributed by atoms with Gasteiger partial charge in [-0.15, -0.1) is 11.8 Å². The summed E-state index contributed by atoms with van der Waals surface area (Å²) in [7, 11) is 0. The maximum absolute atomic E-state index is 13.3. The number of carbonyl (C=O) groups excluding carboxylic acids is 1. The molecule has 1 heterocycles. The second kappa shape index (κ2) is 11.9. The average molecular weight is 491 g/mol. The van der Waals surface area contributed by atoms with Crippen LogP contribution in [0.3, 0.4) is 0 Å². The Kier molecular flexibility index (Phi) is 8.45. The minimum Gasteiger partial charge on any atom is -0.324 e. The van der Waals surface area contributed by atoms with Crippen LogP contribution in [-0.4, -0.2) is 27.0 Å². The summed E-state index contributed by atoms with van der Waals surface area (Å²) >= 11 is 2.66. The molecular weight excluding hydrogens is 464 g/mol. The number of hydrogen-bond acceptors (Lipinski definition) is 6. The summed E-state index contributed by atoms with van der Waals surface area (Å²) in [5.74, 6) is 0.259. The van der Waals surface area contributed by atoms with Crippen LogP contribution in [-0.2, 0) is 11.3 Å². The summed E-state index contributed by atoms with van der Waals surface area (Å²) in [4.78, 5) is 31.6. The number of thioether (sulfide) groups is 2.